The molecule has 1 atom stereocenters. The first-order valence-corrected chi connectivity index (χ1v) is 8.86. The summed E-state index contributed by atoms with van der Waals surface area (Å²) in [6.45, 7) is 0. The zero-order valence-electron chi connectivity index (χ0n) is 11.4. The van der Waals surface area contributed by atoms with Gasteiger partial charge in [0.25, 0.3) is 5.19 Å². The fourth-order valence-corrected chi connectivity index (χ4v) is 3.67. The van der Waals surface area contributed by atoms with Gasteiger partial charge < -0.3 is 13.8 Å². The topological polar surface area (TPSA) is 62.6 Å². The van der Waals surface area contributed by atoms with Crippen molar-refractivity contribution in [3.63, 3.8) is 0 Å². The second kappa shape index (κ2) is 6.13. The van der Waals surface area contributed by atoms with E-state index in [1.54, 1.807) is 0 Å². The average Bonchev–Trinajstić information content (AvgIpc) is 2.65. The Morgan fingerprint density at radius 3 is 2.94 bits per heavy atom. The molecule has 92 valence electrons. The van der Waals surface area contributed by atoms with Crippen LogP contribution < -0.4 is 9.61 Å². The molecular formula is C6H11N2O4PS3. The minimum atomic E-state index is -3.05. The van der Waals surface area contributed by atoms with Gasteiger partial charge in [-0.15, -0.1) is 5.10 Å². The van der Waals surface area contributed by atoms with E-state index in [9.17, 15) is 4.79 Å². The fraction of sp³-hybridized carbons (Fsp3) is 0.667. The number of hydrogen-bond acceptors (Lipinski definition) is 8. The Morgan fingerprint density at radius 1 is 1.69 bits per heavy atom. The van der Waals surface area contributed by atoms with E-state index in [1.165, 1.54) is 14.2 Å². The quantitative estimate of drug-likeness (QED) is 0.738. The Bertz CT molecular complexity index is 531. The van der Waals surface area contributed by atoms with Crippen molar-refractivity contribution in [1.82, 2.24) is 9.78 Å². The van der Waals surface area contributed by atoms with Crippen LogP contribution in [-0.4, -0.2) is 31.0 Å². The number of hydrogen-bond donors (Lipinski definition) is 0. The summed E-state index contributed by atoms with van der Waals surface area (Å²) in [7, 11) is 0.0141. The van der Waals surface area contributed by atoms with Gasteiger partial charge in [-0.05, 0) is 34.5 Å². The van der Waals surface area contributed by atoms with Crippen LogP contribution in [0.15, 0.2) is 4.79 Å². The third-order valence-corrected chi connectivity index (χ3v) is 7.18. The Labute approximate surface area is 110 Å². The number of aromatic nitrogens is 2. The molecule has 0 aliphatic heterocycles. The summed E-state index contributed by atoms with van der Waals surface area (Å²) in [5.41, 5.74) is -3.05. The normalized spacial score (nSPS) is 18.2. The molecule has 1 aromatic heterocycles. The molecule has 0 aromatic carbocycles. The summed E-state index contributed by atoms with van der Waals surface area (Å²) >= 11 is 6.77. The molecule has 16 heavy (non-hydrogen) atoms. The second-order valence-corrected chi connectivity index (χ2v) is 9.53. The lowest BCUT2D eigenvalue weighted by Crippen LogP contribution is -2.12. The lowest BCUT2D eigenvalue weighted by Gasteiger charge is -2.15. The lowest BCUT2D eigenvalue weighted by molar-refractivity contribution is 0.353. The minimum Gasteiger partial charge on any atom is -0.472 e. The standard InChI is InChI=1S/C6H11N2O4PS3/c1-10-5-7-8(6(9)16-5)4-15-13(14,11-2)12-3/h4H2,1-3H3/i2D3. The highest BCUT2D eigenvalue weighted by Gasteiger charge is 2.17. The molecule has 0 spiro atoms. The van der Waals surface area contributed by atoms with Crippen LogP contribution in [0.2, 0.25) is 0 Å². The maximum atomic E-state index is 11.5. The third-order valence-electron chi connectivity index (χ3n) is 1.44. The molecule has 1 heterocycles. The van der Waals surface area contributed by atoms with Crippen LogP contribution in [0.3, 0.4) is 0 Å². The van der Waals surface area contributed by atoms with E-state index in [-0.39, 0.29) is 15.9 Å². The molecular weight excluding hydrogens is 291 g/mol. The predicted octanol–water partition coefficient (Wildman–Crippen LogP) is 1.52. The Hall–Kier alpha value is 0.0800. The molecule has 1 unspecified atom stereocenters. The van der Waals surface area contributed by atoms with E-state index in [4.69, 9.17) is 29.7 Å². The highest BCUT2D eigenvalue weighted by atomic mass is 32.9. The molecule has 0 N–H and O–H groups in total. The minimum absolute atomic E-state index is 0.0277. The molecule has 0 aliphatic rings. The van der Waals surface area contributed by atoms with Crippen LogP contribution in [0.4, 0.5) is 0 Å². The van der Waals surface area contributed by atoms with Gasteiger partial charge in [0.05, 0.1) is 11.2 Å². The summed E-state index contributed by atoms with van der Waals surface area (Å²) in [5, 5.41) is 4.08. The molecule has 1 rings (SSSR count). The molecule has 1 aromatic rings. The van der Waals surface area contributed by atoms with E-state index in [1.807, 2.05) is 0 Å². The molecule has 0 saturated heterocycles. The largest absolute Gasteiger partial charge is 0.472 e. The first-order valence-electron chi connectivity index (χ1n) is 5.32. The molecule has 6 nitrogen and oxygen atoms in total. The zero-order chi connectivity index (χ0) is 14.7. The summed E-state index contributed by atoms with van der Waals surface area (Å²) in [6, 6.07) is 0. The van der Waals surface area contributed by atoms with Crippen molar-refractivity contribution < 1.29 is 17.9 Å². The summed E-state index contributed by atoms with van der Waals surface area (Å²) in [6.07, 6.45) is 0. The fourth-order valence-electron chi connectivity index (χ4n) is 0.693. The van der Waals surface area contributed by atoms with E-state index < -0.39 is 12.7 Å². The van der Waals surface area contributed by atoms with Gasteiger partial charge in [-0.25, -0.2) is 4.68 Å². The number of nitrogens with zero attached hydrogens (tertiary/aromatic N) is 2. The van der Waals surface area contributed by atoms with E-state index in [0.717, 1.165) is 27.4 Å². The van der Waals surface area contributed by atoms with Gasteiger partial charge in [-0.3, -0.25) is 4.79 Å². The number of rotatable bonds is 6. The van der Waals surface area contributed by atoms with Crippen molar-refractivity contribution in [1.29, 1.82) is 0 Å². The van der Waals surface area contributed by atoms with Crippen molar-refractivity contribution in [3.05, 3.63) is 9.67 Å². The lowest BCUT2D eigenvalue weighted by atomic mass is 11.2. The first-order chi connectivity index (χ1) is 8.69. The van der Waals surface area contributed by atoms with Gasteiger partial charge in [-0.1, -0.05) is 0 Å². The maximum Gasteiger partial charge on any atom is 0.329 e. The Morgan fingerprint density at radius 2 is 2.44 bits per heavy atom. The predicted molar refractivity (Wildman–Crippen MR) is 68.8 cm³/mol. The second-order valence-electron chi connectivity index (χ2n) is 2.32. The SMILES string of the molecule is [2H]C([2H])([2H])OP(=S)(OC)SCn1nc(OC)sc1=O. The Kier molecular flexibility index (Phi) is 3.85. The van der Waals surface area contributed by atoms with Crippen LogP contribution in [0.1, 0.15) is 4.11 Å². The molecule has 10 heteroatoms. The molecule has 0 radical (unpaired) electrons. The number of ether oxygens (including phenoxy) is 1. The van der Waals surface area contributed by atoms with E-state index >= 15 is 0 Å². The van der Waals surface area contributed by atoms with Gasteiger partial charge in [0, 0.05) is 14.1 Å². The monoisotopic (exact) mass is 305 g/mol. The Balaban J connectivity index is 2.75. The summed E-state index contributed by atoms with van der Waals surface area (Å²) in [5.74, 6) is 0.0277. The smallest absolute Gasteiger partial charge is 0.329 e. The highest BCUT2D eigenvalue weighted by molar-refractivity contribution is 8.67. The molecule has 0 fully saturated rings. The molecule has 0 bridgehead atoms. The summed E-state index contributed by atoms with van der Waals surface area (Å²) in [4.78, 5) is 11.2. The third kappa shape index (κ3) is 3.54. The van der Waals surface area contributed by atoms with Crippen molar-refractivity contribution in [2.45, 2.75) is 5.88 Å². The van der Waals surface area contributed by atoms with Crippen molar-refractivity contribution in [2.75, 3.05) is 21.3 Å². The van der Waals surface area contributed by atoms with Crippen molar-refractivity contribution in [3.8, 4) is 5.19 Å². The zero-order valence-corrected chi connectivity index (χ0v) is 11.8. The molecule has 0 saturated carbocycles. The molecule has 0 amide bonds. The maximum absolute atomic E-state index is 11.5. The summed E-state index contributed by atoms with van der Waals surface area (Å²) < 4.78 is 36.7. The van der Waals surface area contributed by atoms with Crippen LogP contribution >= 0.6 is 28.4 Å². The van der Waals surface area contributed by atoms with Crippen LogP contribution in [0.5, 0.6) is 5.19 Å². The number of methoxy groups -OCH3 is 1. The van der Waals surface area contributed by atoms with E-state index in [0.29, 0.717) is 0 Å². The molecule has 0 aliphatic carbocycles. The van der Waals surface area contributed by atoms with E-state index in [2.05, 4.69) is 5.10 Å². The first kappa shape index (κ1) is 10.0. The van der Waals surface area contributed by atoms with Crippen LogP contribution in [-0.2, 0) is 26.7 Å². The van der Waals surface area contributed by atoms with Crippen molar-refractivity contribution in [2.24, 2.45) is 0 Å². The van der Waals surface area contributed by atoms with Crippen LogP contribution in [0, 0.1) is 0 Å². The van der Waals surface area contributed by atoms with Gasteiger partial charge >= 0.3 is 4.87 Å². The van der Waals surface area contributed by atoms with Crippen LogP contribution in [0.25, 0.3) is 0 Å². The van der Waals surface area contributed by atoms with Gasteiger partial charge in [0.2, 0.25) is 5.69 Å². The van der Waals surface area contributed by atoms with Crippen molar-refractivity contribution >= 4 is 40.2 Å². The van der Waals surface area contributed by atoms with Gasteiger partial charge in [-0.2, -0.15) is 0 Å². The van der Waals surface area contributed by atoms with Gasteiger partial charge in [0.1, 0.15) is 5.88 Å². The van der Waals surface area contributed by atoms with Gasteiger partial charge in [0.15, 0.2) is 0 Å². The average molecular weight is 305 g/mol. The highest BCUT2D eigenvalue weighted by Crippen LogP contribution is 2.60.